The molecule has 4 nitrogen and oxygen atoms in total. The van der Waals surface area contributed by atoms with Gasteiger partial charge in [-0.05, 0) is 13.3 Å². The summed E-state index contributed by atoms with van der Waals surface area (Å²) in [7, 11) is 0. The third-order valence-corrected chi connectivity index (χ3v) is 3.98. The van der Waals surface area contributed by atoms with E-state index in [-0.39, 0.29) is 6.54 Å². The molecule has 0 aliphatic carbocycles. The first-order valence-electron chi connectivity index (χ1n) is 8.46. The van der Waals surface area contributed by atoms with Crippen LogP contribution in [0, 0.1) is 0 Å². The van der Waals surface area contributed by atoms with Gasteiger partial charge >= 0.3 is 0 Å². The lowest BCUT2D eigenvalue weighted by Gasteiger charge is -2.05. The van der Waals surface area contributed by atoms with E-state index in [0.29, 0.717) is 0 Å². The number of carbonyl (C=O) groups excluding carboxylic acids is 1. The van der Waals surface area contributed by atoms with Gasteiger partial charge < -0.3 is 9.90 Å². The molecule has 0 aliphatic heterocycles. The van der Waals surface area contributed by atoms with Crippen LogP contribution in [0.1, 0.15) is 71.0 Å². The predicted octanol–water partition coefficient (Wildman–Crippen LogP) is 2.23. The van der Waals surface area contributed by atoms with Crippen LogP contribution in [0.25, 0.3) is 0 Å². The first-order chi connectivity index (χ1) is 10.2. The summed E-state index contributed by atoms with van der Waals surface area (Å²) in [6.07, 6.45) is 15.1. The van der Waals surface area contributed by atoms with Crippen molar-refractivity contribution in [3.8, 4) is 0 Å². The average Bonchev–Trinajstić information content (AvgIpc) is 2.83. The van der Waals surface area contributed by atoms with E-state index >= 15 is 0 Å². The van der Waals surface area contributed by atoms with Crippen molar-refractivity contribution < 1.29 is 14.5 Å². The van der Waals surface area contributed by atoms with Gasteiger partial charge in [0.15, 0.2) is 0 Å². The standard InChI is InChI=1S/C17H30N2O2/c1-3-5-6-7-8-9-10-11-12-16-18(4-2)13-14-19(16)15-17(20)21/h13-14H,3-12,15H2,1-2H3. The third kappa shape index (κ3) is 6.78. The van der Waals surface area contributed by atoms with Crippen molar-refractivity contribution in [2.75, 3.05) is 0 Å². The highest BCUT2D eigenvalue weighted by molar-refractivity contribution is 5.62. The van der Waals surface area contributed by atoms with Gasteiger partial charge in [-0.25, -0.2) is 9.13 Å². The largest absolute Gasteiger partial charge is 0.546 e. The van der Waals surface area contributed by atoms with Crippen molar-refractivity contribution in [1.82, 2.24) is 4.57 Å². The molecule has 120 valence electrons. The summed E-state index contributed by atoms with van der Waals surface area (Å²) in [5.74, 6) is 0.0821. The molecule has 1 rings (SSSR count). The number of aliphatic carboxylic acids is 1. The second kappa shape index (κ2) is 10.4. The molecule has 0 radical (unpaired) electrons. The number of rotatable bonds is 12. The summed E-state index contributed by atoms with van der Waals surface area (Å²) < 4.78 is 3.93. The summed E-state index contributed by atoms with van der Waals surface area (Å²) >= 11 is 0. The lowest BCUT2D eigenvalue weighted by molar-refractivity contribution is -0.697. The summed E-state index contributed by atoms with van der Waals surface area (Å²) in [6.45, 7) is 5.16. The number of carboxylic acid groups (broad SMARTS) is 1. The Bertz CT molecular complexity index is 413. The molecule has 1 heterocycles. The Hall–Kier alpha value is -1.32. The molecule has 1 aromatic rings. The molecule has 4 heteroatoms. The molecule has 1 aromatic heterocycles. The van der Waals surface area contributed by atoms with Gasteiger partial charge in [0, 0.05) is 6.42 Å². The fraction of sp³-hybridized carbons (Fsp3) is 0.765. The van der Waals surface area contributed by atoms with E-state index < -0.39 is 5.97 Å². The highest BCUT2D eigenvalue weighted by Crippen LogP contribution is 2.10. The highest BCUT2D eigenvalue weighted by Gasteiger charge is 2.15. The number of hydrogen-bond donors (Lipinski definition) is 0. The molecular weight excluding hydrogens is 264 g/mol. The Kier molecular flexibility index (Phi) is 8.79. The van der Waals surface area contributed by atoms with Gasteiger partial charge in [0.05, 0.1) is 12.5 Å². The number of aryl methyl sites for hydroxylation is 1. The third-order valence-electron chi connectivity index (χ3n) is 3.98. The molecule has 0 saturated carbocycles. The van der Waals surface area contributed by atoms with E-state index in [1.807, 2.05) is 12.4 Å². The maximum atomic E-state index is 10.8. The Labute approximate surface area is 128 Å². The molecule has 0 fully saturated rings. The molecule has 0 aliphatic rings. The maximum absolute atomic E-state index is 10.8. The van der Waals surface area contributed by atoms with E-state index in [9.17, 15) is 9.90 Å². The summed E-state index contributed by atoms with van der Waals surface area (Å²) in [5, 5.41) is 10.8. The van der Waals surface area contributed by atoms with E-state index in [4.69, 9.17) is 0 Å². The zero-order chi connectivity index (χ0) is 15.5. The smallest absolute Gasteiger partial charge is 0.256 e. The van der Waals surface area contributed by atoms with Gasteiger partial charge in [0.1, 0.15) is 18.9 Å². The van der Waals surface area contributed by atoms with Crippen LogP contribution in [0.5, 0.6) is 0 Å². The van der Waals surface area contributed by atoms with Crippen LogP contribution in [-0.4, -0.2) is 10.5 Å². The minimum Gasteiger partial charge on any atom is -0.546 e. The van der Waals surface area contributed by atoms with Gasteiger partial charge in [-0.2, -0.15) is 0 Å². The topological polar surface area (TPSA) is 48.9 Å². The number of carbonyl (C=O) groups is 1. The molecular formula is C17H30N2O2. The van der Waals surface area contributed by atoms with Gasteiger partial charge in [0.2, 0.25) is 0 Å². The molecule has 0 aromatic carbocycles. The van der Waals surface area contributed by atoms with Crippen molar-refractivity contribution in [2.45, 2.75) is 84.7 Å². The Morgan fingerprint density at radius 3 is 2.29 bits per heavy atom. The van der Waals surface area contributed by atoms with Crippen LogP contribution in [0.15, 0.2) is 12.4 Å². The zero-order valence-electron chi connectivity index (χ0n) is 13.6. The number of nitrogens with zero attached hydrogens (tertiary/aromatic N) is 2. The van der Waals surface area contributed by atoms with E-state index in [0.717, 1.165) is 25.2 Å². The van der Waals surface area contributed by atoms with Gasteiger partial charge in [-0.3, -0.25) is 0 Å². The lowest BCUT2D eigenvalue weighted by Crippen LogP contribution is -2.45. The lowest BCUT2D eigenvalue weighted by atomic mass is 10.1. The molecule has 0 N–H and O–H groups in total. The first kappa shape index (κ1) is 17.7. The molecule has 0 atom stereocenters. The van der Waals surface area contributed by atoms with Gasteiger partial charge in [-0.1, -0.05) is 51.9 Å². The average molecular weight is 294 g/mol. The number of imidazole rings is 1. The summed E-state index contributed by atoms with van der Waals surface area (Å²) in [5.41, 5.74) is 0. The van der Waals surface area contributed by atoms with Crippen molar-refractivity contribution in [3.63, 3.8) is 0 Å². The Balaban J connectivity index is 2.30. The normalized spacial score (nSPS) is 11.0. The molecule has 0 bridgehead atoms. The number of aromatic nitrogens is 2. The number of carboxylic acids is 1. The molecule has 0 saturated heterocycles. The van der Waals surface area contributed by atoms with Crippen molar-refractivity contribution in [2.24, 2.45) is 0 Å². The van der Waals surface area contributed by atoms with Gasteiger partial charge in [0.25, 0.3) is 5.82 Å². The van der Waals surface area contributed by atoms with Crippen LogP contribution in [0.3, 0.4) is 0 Å². The predicted molar refractivity (Wildman–Crippen MR) is 81.6 cm³/mol. The first-order valence-corrected chi connectivity index (χ1v) is 8.46. The molecule has 21 heavy (non-hydrogen) atoms. The van der Waals surface area contributed by atoms with Crippen LogP contribution in [-0.2, 0) is 24.3 Å². The minimum absolute atomic E-state index is 0.0423. The second-order valence-electron chi connectivity index (χ2n) is 5.73. The van der Waals surface area contributed by atoms with E-state index in [1.165, 1.54) is 44.9 Å². The van der Waals surface area contributed by atoms with Crippen molar-refractivity contribution in [1.29, 1.82) is 0 Å². The molecule has 0 spiro atoms. The van der Waals surface area contributed by atoms with Crippen molar-refractivity contribution in [3.05, 3.63) is 18.2 Å². The van der Waals surface area contributed by atoms with Crippen LogP contribution < -0.4 is 9.67 Å². The minimum atomic E-state index is -1.02. The Morgan fingerprint density at radius 1 is 1.10 bits per heavy atom. The fourth-order valence-corrected chi connectivity index (χ4v) is 2.77. The maximum Gasteiger partial charge on any atom is 0.256 e. The summed E-state index contributed by atoms with van der Waals surface area (Å²) in [4.78, 5) is 10.8. The monoisotopic (exact) mass is 294 g/mol. The SMILES string of the molecule is CCCCCCCCCCc1n(CC)cc[n+]1CC(=O)[O-]. The quantitative estimate of drug-likeness (QED) is 0.438. The van der Waals surface area contributed by atoms with Gasteiger partial charge in [-0.15, -0.1) is 0 Å². The van der Waals surface area contributed by atoms with E-state index in [2.05, 4.69) is 18.4 Å². The highest BCUT2D eigenvalue weighted by atomic mass is 16.4. The Morgan fingerprint density at radius 2 is 1.71 bits per heavy atom. The fourth-order valence-electron chi connectivity index (χ4n) is 2.77. The second-order valence-corrected chi connectivity index (χ2v) is 5.73. The van der Waals surface area contributed by atoms with Crippen LogP contribution >= 0.6 is 0 Å². The molecule has 0 amide bonds. The summed E-state index contributed by atoms with van der Waals surface area (Å²) in [6, 6.07) is 0. The number of hydrogen-bond acceptors (Lipinski definition) is 2. The van der Waals surface area contributed by atoms with Crippen LogP contribution in [0.2, 0.25) is 0 Å². The van der Waals surface area contributed by atoms with E-state index in [1.54, 1.807) is 4.57 Å². The molecule has 0 unspecified atom stereocenters. The zero-order valence-corrected chi connectivity index (χ0v) is 13.6. The number of unbranched alkanes of at least 4 members (excludes halogenated alkanes) is 7. The van der Waals surface area contributed by atoms with Crippen molar-refractivity contribution >= 4 is 5.97 Å². The van der Waals surface area contributed by atoms with Crippen LogP contribution in [0.4, 0.5) is 0 Å².